The van der Waals surface area contributed by atoms with Gasteiger partial charge in [0.1, 0.15) is 17.6 Å². The minimum absolute atomic E-state index is 0.0109. The average molecular weight is 301 g/mol. The van der Waals surface area contributed by atoms with Crippen molar-refractivity contribution >= 4 is 29.2 Å². The van der Waals surface area contributed by atoms with Gasteiger partial charge in [-0.1, -0.05) is 11.6 Å². The predicted molar refractivity (Wildman–Crippen MR) is 75.5 cm³/mol. The van der Waals surface area contributed by atoms with Crippen molar-refractivity contribution < 1.29 is 14.3 Å². The Morgan fingerprint density at radius 3 is 2.85 bits per heavy atom. The van der Waals surface area contributed by atoms with Gasteiger partial charge in [0.2, 0.25) is 5.91 Å². The summed E-state index contributed by atoms with van der Waals surface area (Å²) < 4.78 is 4.81. The predicted octanol–water partition coefficient (Wildman–Crippen LogP) is 0.198. The Morgan fingerprint density at radius 2 is 2.20 bits per heavy atom. The maximum Gasteiger partial charge on any atom is 0.272 e. The summed E-state index contributed by atoms with van der Waals surface area (Å²) >= 11 is 5.86. The Morgan fingerprint density at radius 1 is 1.50 bits per heavy atom. The third-order valence-electron chi connectivity index (χ3n) is 2.43. The molecule has 20 heavy (non-hydrogen) atoms. The highest BCUT2D eigenvalue weighted by Gasteiger charge is 2.19. The minimum atomic E-state index is -0.723. The molecule has 0 spiro atoms. The van der Waals surface area contributed by atoms with Crippen molar-refractivity contribution in [1.29, 1.82) is 0 Å². The summed E-state index contributed by atoms with van der Waals surface area (Å²) in [5.41, 5.74) is 5.48. The lowest BCUT2D eigenvalue weighted by Gasteiger charge is -2.14. The van der Waals surface area contributed by atoms with Crippen molar-refractivity contribution in [2.75, 3.05) is 26.0 Å². The van der Waals surface area contributed by atoms with Crippen LogP contribution in [-0.2, 0) is 9.53 Å². The van der Waals surface area contributed by atoms with Gasteiger partial charge >= 0.3 is 0 Å². The van der Waals surface area contributed by atoms with Crippen LogP contribution in [0.4, 0.5) is 5.82 Å². The molecule has 0 bridgehead atoms. The van der Waals surface area contributed by atoms with Gasteiger partial charge in [-0.2, -0.15) is 0 Å². The summed E-state index contributed by atoms with van der Waals surface area (Å²) in [5, 5.41) is 5.28. The maximum atomic E-state index is 11.9. The zero-order valence-corrected chi connectivity index (χ0v) is 12.0. The van der Waals surface area contributed by atoms with Gasteiger partial charge in [-0.15, -0.1) is 0 Å². The largest absolute Gasteiger partial charge is 0.384 e. The number of nitrogen functional groups attached to an aromatic ring is 1. The van der Waals surface area contributed by atoms with Crippen LogP contribution in [0, 0.1) is 0 Å². The number of methoxy groups -OCH3 is 1. The van der Waals surface area contributed by atoms with Crippen molar-refractivity contribution in [3.8, 4) is 0 Å². The van der Waals surface area contributed by atoms with E-state index in [0.29, 0.717) is 13.2 Å². The second-order valence-electron chi connectivity index (χ2n) is 4.05. The molecule has 2 amide bonds. The SMILES string of the molecule is COCCNC(=O)C(C)NC(=O)c1nc(N)ccc1Cl. The summed E-state index contributed by atoms with van der Waals surface area (Å²) in [6, 6.07) is 2.24. The lowest BCUT2D eigenvalue weighted by molar-refractivity contribution is -0.122. The highest BCUT2D eigenvalue weighted by Crippen LogP contribution is 2.15. The number of pyridine rings is 1. The second kappa shape index (κ2) is 7.66. The summed E-state index contributed by atoms with van der Waals surface area (Å²) in [6.07, 6.45) is 0. The third kappa shape index (κ3) is 4.67. The number of carbonyl (C=O) groups excluding carboxylic acids is 2. The first-order chi connectivity index (χ1) is 9.45. The van der Waals surface area contributed by atoms with Crippen LogP contribution in [0.3, 0.4) is 0 Å². The molecule has 1 atom stereocenters. The fourth-order valence-corrected chi connectivity index (χ4v) is 1.57. The van der Waals surface area contributed by atoms with E-state index in [0.717, 1.165) is 0 Å². The molecule has 1 aromatic heterocycles. The van der Waals surface area contributed by atoms with Gasteiger partial charge in [-0.3, -0.25) is 9.59 Å². The number of nitrogens with one attached hydrogen (secondary N) is 2. The first-order valence-corrected chi connectivity index (χ1v) is 6.33. The standard InChI is InChI=1S/C12H17ClN4O3/c1-7(11(18)15-5-6-20-2)16-12(19)10-8(13)3-4-9(14)17-10/h3-4,7H,5-6H2,1-2H3,(H2,14,17)(H,15,18)(H,16,19). The van der Waals surface area contributed by atoms with Crippen molar-refractivity contribution in [3.63, 3.8) is 0 Å². The summed E-state index contributed by atoms with van der Waals surface area (Å²) in [6.45, 7) is 2.32. The molecule has 4 N–H and O–H groups in total. The Kier molecular flexibility index (Phi) is 6.20. The molecule has 0 saturated heterocycles. The quantitative estimate of drug-likeness (QED) is 0.651. The summed E-state index contributed by atoms with van der Waals surface area (Å²) in [4.78, 5) is 27.5. The van der Waals surface area contributed by atoms with Crippen LogP contribution in [0.5, 0.6) is 0 Å². The molecule has 7 nitrogen and oxygen atoms in total. The van der Waals surface area contributed by atoms with E-state index in [1.807, 2.05) is 0 Å². The molecule has 1 rings (SSSR count). The lowest BCUT2D eigenvalue weighted by Crippen LogP contribution is -2.45. The monoisotopic (exact) mass is 300 g/mol. The van der Waals surface area contributed by atoms with E-state index in [1.165, 1.54) is 19.2 Å². The number of ether oxygens (including phenoxy) is 1. The highest BCUT2D eigenvalue weighted by molar-refractivity contribution is 6.33. The Bertz CT molecular complexity index is 496. The minimum Gasteiger partial charge on any atom is -0.384 e. The van der Waals surface area contributed by atoms with Gasteiger partial charge in [0.15, 0.2) is 0 Å². The molecule has 0 aliphatic rings. The molecule has 0 saturated carbocycles. The van der Waals surface area contributed by atoms with Gasteiger partial charge in [-0.05, 0) is 19.1 Å². The lowest BCUT2D eigenvalue weighted by atomic mass is 10.2. The van der Waals surface area contributed by atoms with E-state index < -0.39 is 11.9 Å². The van der Waals surface area contributed by atoms with Crippen LogP contribution in [0.15, 0.2) is 12.1 Å². The number of anilines is 1. The topological polar surface area (TPSA) is 106 Å². The molecule has 1 heterocycles. The number of carbonyl (C=O) groups is 2. The molecule has 1 aromatic rings. The number of hydrogen-bond acceptors (Lipinski definition) is 5. The van der Waals surface area contributed by atoms with Crippen LogP contribution in [-0.4, -0.2) is 43.1 Å². The van der Waals surface area contributed by atoms with Crippen LogP contribution >= 0.6 is 11.6 Å². The zero-order valence-electron chi connectivity index (χ0n) is 11.3. The number of amides is 2. The third-order valence-corrected chi connectivity index (χ3v) is 2.73. The number of halogens is 1. The molecule has 0 aliphatic carbocycles. The van der Waals surface area contributed by atoms with Gasteiger partial charge < -0.3 is 21.1 Å². The fourth-order valence-electron chi connectivity index (χ4n) is 1.38. The second-order valence-corrected chi connectivity index (χ2v) is 4.45. The average Bonchev–Trinajstić information content (AvgIpc) is 2.41. The van der Waals surface area contributed by atoms with Gasteiger partial charge in [0.25, 0.3) is 5.91 Å². The van der Waals surface area contributed by atoms with Gasteiger partial charge in [0, 0.05) is 13.7 Å². The van der Waals surface area contributed by atoms with Crippen LogP contribution in [0.2, 0.25) is 5.02 Å². The normalized spacial score (nSPS) is 11.8. The number of hydrogen-bond donors (Lipinski definition) is 3. The Hall–Kier alpha value is -1.86. The molecule has 0 fully saturated rings. The van der Waals surface area contributed by atoms with E-state index in [-0.39, 0.29) is 22.4 Å². The highest BCUT2D eigenvalue weighted by atomic mass is 35.5. The first-order valence-electron chi connectivity index (χ1n) is 5.95. The van der Waals surface area contributed by atoms with Crippen LogP contribution < -0.4 is 16.4 Å². The van der Waals surface area contributed by atoms with E-state index in [4.69, 9.17) is 22.1 Å². The van der Waals surface area contributed by atoms with Crippen LogP contribution in [0.25, 0.3) is 0 Å². The van der Waals surface area contributed by atoms with Crippen molar-refractivity contribution in [2.24, 2.45) is 0 Å². The summed E-state index contributed by atoms with van der Waals surface area (Å²) in [5.74, 6) is -0.705. The molecule has 0 radical (unpaired) electrons. The van der Waals surface area contributed by atoms with E-state index >= 15 is 0 Å². The Balaban J connectivity index is 2.61. The van der Waals surface area contributed by atoms with Crippen molar-refractivity contribution in [1.82, 2.24) is 15.6 Å². The number of rotatable bonds is 6. The van der Waals surface area contributed by atoms with E-state index in [2.05, 4.69) is 15.6 Å². The van der Waals surface area contributed by atoms with Crippen LogP contribution in [0.1, 0.15) is 17.4 Å². The molecular formula is C12H17ClN4O3. The summed E-state index contributed by atoms with van der Waals surface area (Å²) in [7, 11) is 1.53. The zero-order chi connectivity index (χ0) is 15.1. The first kappa shape index (κ1) is 16.2. The number of nitrogens with two attached hydrogens (primary N) is 1. The van der Waals surface area contributed by atoms with E-state index in [1.54, 1.807) is 6.92 Å². The number of aromatic nitrogens is 1. The van der Waals surface area contributed by atoms with Crippen molar-refractivity contribution in [3.05, 3.63) is 22.8 Å². The maximum absolute atomic E-state index is 11.9. The molecule has 0 aromatic carbocycles. The van der Waals surface area contributed by atoms with Crippen molar-refractivity contribution in [2.45, 2.75) is 13.0 Å². The number of nitrogens with zero attached hydrogens (tertiary/aromatic N) is 1. The molecular weight excluding hydrogens is 284 g/mol. The van der Waals surface area contributed by atoms with E-state index in [9.17, 15) is 9.59 Å². The Labute approximate surface area is 121 Å². The van der Waals surface area contributed by atoms with Gasteiger partial charge in [0.05, 0.1) is 11.6 Å². The molecule has 1 unspecified atom stereocenters. The molecule has 0 aliphatic heterocycles. The smallest absolute Gasteiger partial charge is 0.272 e. The van der Waals surface area contributed by atoms with Gasteiger partial charge in [-0.25, -0.2) is 4.98 Å². The molecule has 110 valence electrons. The molecule has 8 heteroatoms. The fraction of sp³-hybridized carbons (Fsp3) is 0.417.